The van der Waals surface area contributed by atoms with Gasteiger partial charge >= 0.3 is 0 Å². The highest BCUT2D eigenvalue weighted by atomic mass is 35.5. The number of sulfone groups is 1. The van der Waals surface area contributed by atoms with Crippen LogP contribution in [-0.4, -0.2) is 26.5 Å². The van der Waals surface area contributed by atoms with E-state index in [0.717, 1.165) is 5.56 Å². The molecule has 3 nitrogen and oxygen atoms in total. The van der Waals surface area contributed by atoms with Gasteiger partial charge in [0.15, 0.2) is 9.84 Å². The third-order valence-corrected chi connectivity index (χ3v) is 4.80. The van der Waals surface area contributed by atoms with Gasteiger partial charge in [-0.2, -0.15) is 0 Å². The Morgan fingerprint density at radius 2 is 2.06 bits per heavy atom. The third-order valence-electron chi connectivity index (χ3n) is 2.56. The van der Waals surface area contributed by atoms with E-state index >= 15 is 0 Å². The van der Waals surface area contributed by atoms with Crippen molar-refractivity contribution in [2.45, 2.75) is 6.04 Å². The molecule has 1 unspecified atom stereocenters. The number of hydrogen-bond donors (Lipinski definition) is 1. The average Bonchev–Trinajstić information content (AvgIpc) is 2.20. The van der Waals surface area contributed by atoms with E-state index in [1.807, 2.05) is 0 Å². The monoisotopic (exact) mass is 279 g/mol. The van der Waals surface area contributed by atoms with Crippen LogP contribution in [0, 0.1) is 0 Å². The molecule has 88 valence electrons. The summed E-state index contributed by atoms with van der Waals surface area (Å²) >= 11 is 11.9. The first-order valence-corrected chi connectivity index (χ1v) is 7.44. The minimum absolute atomic E-state index is 0.0765. The summed E-state index contributed by atoms with van der Waals surface area (Å²) in [4.78, 5) is 0. The summed E-state index contributed by atoms with van der Waals surface area (Å²) in [5, 5.41) is 4.24. The maximum Gasteiger partial charge on any atom is 0.153 e. The molecule has 1 atom stereocenters. The fourth-order valence-corrected chi connectivity index (χ4v) is 3.60. The Kier molecular flexibility index (Phi) is 3.45. The fourth-order valence-electron chi connectivity index (χ4n) is 1.77. The van der Waals surface area contributed by atoms with Crippen molar-refractivity contribution in [1.29, 1.82) is 0 Å². The van der Waals surface area contributed by atoms with E-state index in [1.54, 1.807) is 18.2 Å². The molecule has 1 fully saturated rings. The van der Waals surface area contributed by atoms with Gasteiger partial charge in [0.25, 0.3) is 0 Å². The SMILES string of the molecule is O=S1(=O)CCNC(c2cc(Cl)ccc2Cl)C1. The second kappa shape index (κ2) is 4.53. The molecule has 0 amide bonds. The highest BCUT2D eigenvalue weighted by Crippen LogP contribution is 2.28. The second-order valence-corrected chi connectivity index (χ2v) is 6.86. The van der Waals surface area contributed by atoms with Gasteiger partial charge in [0.1, 0.15) is 0 Å². The van der Waals surface area contributed by atoms with Gasteiger partial charge in [-0.05, 0) is 23.8 Å². The Balaban J connectivity index is 2.33. The van der Waals surface area contributed by atoms with Crippen LogP contribution in [0.15, 0.2) is 18.2 Å². The van der Waals surface area contributed by atoms with Crippen LogP contribution in [0.25, 0.3) is 0 Å². The van der Waals surface area contributed by atoms with Gasteiger partial charge in [-0.25, -0.2) is 8.42 Å². The first kappa shape index (κ1) is 12.2. The molecule has 1 N–H and O–H groups in total. The van der Waals surface area contributed by atoms with Gasteiger partial charge in [0.05, 0.1) is 11.5 Å². The summed E-state index contributed by atoms with van der Waals surface area (Å²) in [6.45, 7) is 0.454. The number of benzene rings is 1. The van der Waals surface area contributed by atoms with Crippen LogP contribution in [0.4, 0.5) is 0 Å². The first-order valence-electron chi connectivity index (χ1n) is 4.87. The Morgan fingerprint density at radius 1 is 1.31 bits per heavy atom. The largest absolute Gasteiger partial charge is 0.308 e. The molecule has 1 saturated heterocycles. The fraction of sp³-hybridized carbons (Fsp3) is 0.400. The molecule has 0 radical (unpaired) electrons. The van der Waals surface area contributed by atoms with E-state index in [4.69, 9.17) is 23.2 Å². The Bertz CT molecular complexity index is 502. The number of hydrogen-bond acceptors (Lipinski definition) is 3. The van der Waals surface area contributed by atoms with Gasteiger partial charge in [-0.15, -0.1) is 0 Å². The van der Waals surface area contributed by atoms with Crippen LogP contribution in [-0.2, 0) is 9.84 Å². The molecule has 0 spiro atoms. The maximum absolute atomic E-state index is 11.5. The molecular weight excluding hydrogens is 269 g/mol. The lowest BCUT2D eigenvalue weighted by Crippen LogP contribution is -2.39. The van der Waals surface area contributed by atoms with Crippen molar-refractivity contribution in [2.75, 3.05) is 18.1 Å². The Morgan fingerprint density at radius 3 is 2.75 bits per heavy atom. The number of nitrogens with one attached hydrogen (secondary N) is 1. The van der Waals surface area contributed by atoms with Gasteiger partial charge < -0.3 is 5.32 Å². The van der Waals surface area contributed by atoms with Gasteiger partial charge in [-0.1, -0.05) is 23.2 Å². The van der Waals surface area contributed by atoms with Crippen molar-refractivity contribution in [3.8, 4) is 0 Å². The summed E-state index contributed by atoms with van der Waals surface area (Å²) in [6.07, 6.45) is 0. The summed E-state index contributed by atoms with van der Waals surface area (Å²) in [5.41, 5.74) is 0.748. The predicted molar refractivity (Wildman–Crippen MR) is 65.9 cm³/mol. The van der Waals surface area contributed by atoms with Crippen LogP contribution < -0.4 is 5.32 Å². The topological polar surface area (TPSA) is 46.2 Å². The number of halogens is 2. The van der Waals surface area contributed by atoms with Crippen molar-refractivity contribution in [1.82, 2.24) is 5.32 Å². The number of rotatable bonds is 1. The molecule has 1 heterocycles. The average molecular weight is 280 g/mol. The lowest BCUT2D eigenvalue weighted by molar-refractivity contribution is 0.531. The van der Waals surface area contributed by atoms with Gasteiger partial charge in [0, 0.05) is 22.6 Å². The molecule has 16 heavy (non-hydrogen) atoms. The van der Waals surface area contributed by atoms with E-state index in [0.29, 0.717) is 16.6 Å². The smallest absolute Gasteiger partial charge is 0.153 e. The Hall–Kier alpha value is -0.290. The van der Waals surface area contributed by atoms with E-state index < -0.39 is 9.84 Å². The van der Waals surface area contributed by atoms with Gasteiger partial charge in [0.2, 0.25) is 0 Å². The molecule has 0 aliphatic carbocycles. The zero-order valence-electron chi connectivity index (χ0n) is 8.41. The molecule has 1 aliphatic rings. The van der Waals surface area contributed by atoms with Gasteiger partial charge in [-0.3, -0.25) is 0 Å². The van der Waals surface area contributed by atoms with Crippen molar-refractivity contribution >= 4 is 33.0 Å². The van der Waals surface area contributed by atoms with E-state index in [1.165, 1.54) is 0 Å². The minimum atomic E-state index is -2.97. The Labute approximate surface area is 105 Å². The molecule has 0 saturated carbocycles. The highest BCUT2D eigenvalue weighted by molar-refractivity contribution is 7.91. The molecule has 6 heteroatoms. The molecule has 0 bridgehead atoms. The van der Waals surface area contributed by atoms with Crippen LogP contribution in [0.2, 0.25) is 10.0 Å². The third kappa shape index (κ3) is 2.69. The molecule has 1 aliphatic heterocycles. The minimum Gasteiger partial charge on any atom is -0.308 e. The molecule has 2 rings (SSSR count). The standard InChI is InChI=1S/C10H11Cl2NO2S/c11-7-1-2-9(12)8(5-7)10-6-16(14,15)4-3-13-10/h1-2,5,10,13H,3-4,6H2. The van der Waals surface area contributed by atoms with Crippen LogP contribution in [0.3, 0.4) is 0 Å². The van der Waals surface area contributed by atoms with E-state index in [9.17, 15) is 8.42 Å². The zero-order chi connectivity index (χ0) is 11.8. The van der Waals surface area contributed by atoms with Crippen molar-refractivity contribution in [3.05, 3.63) is 33.8 Å². The highest BCUT2D eigenvalue weighted by Gasteiger charge is 2.26. The summed E-state index contributed by atoms with van der Waals surface area (Å²) < 4.78 is 23.0. The van der Waals surface area contributed by atoms with E-state index in [2.05, 4.69) is 5.32 Å². The maximum atomic E-state index is 11.5. The lowest BCUT2D eigenvalue weighted by Gasteiger charge is -2.24. The second-order valence-electron chi connectivity index (χ2n) is 3.79. The first-order chi connectivity index (χ1) is 7.48. The predicted octanol–water partition coefficient (Wildman–Crippen LogP) is 2.05. The molecule has 1 aromatic carbocycles. The summed E-state index contributed by atoms with van der Waals surface area (Å²) in [7, 11) is -2.97. The normalized spacial score (nSPS) is 24.2. The van der Waals surface area contributed by atoms with Crippen LogP contribution >= 0.6 is 23.2 Å². The zero-order valence-corrected chi connectivity index (χ0v) is 10.7. The molecule has 1 aromatic rings. The van der Waals surface area contributed by atoms with E-state index in [-0.39, 0.29) is 17.5 Å². The van der Waals surface area contributed by atoms with Crippen molar-refractivity contribution in [2.24, 2.45) is 0 Å². The quantitative estimate of drug-likeness (QED) is 0.856. The van der Waals surface area contributed by atoms with Crippen LogP contribution in [0.1, 0.15) is 11.6 Å². The summed E-state index contributed by atoms with van der Waals surface area (Å²) in [6, 6.07) is 4.82. The van der Waals surface area contributed by atoms with Crippen molar-refractivity contribution < 1.29 is 8.42 Å². The summed E-state index contributed by atoms with van der Waals surface area (Å²) in [5.74, 6) is 0.259. The molecular formula is C10H11Cl2NO2S. The molecule has 0 aromatic heterocycles. The lowest BCUT2D eigenvalue weighted by atomic mass is 10.1. The van der Waals surface area contributed by atoms with Crippen LogP contribution in [0.5, 0.6) is 0 Å². The van der Waals surface area contributed by atoms with Crippen molar-refractivity contribution in [3.63, 3.8) is 0 Å².